The molecule has 3 aromatic rings. The average Bonchev–Trinajstić information content (AvgIpc) is 2.75. The van der Waals surface area contributed by atoms with Gasteiger partial charge in [0.2, 0.25) is 0 Å². The molecule has 7 heteroatoms. The number of nitrogens with one attached hydrogen (secondary N) is 2. The number of hydrogen-bond acceptors (Lipinski definition) is 4. The van der Waals surface area contributed by atoms with Crippen molar-refractivity contribution in [3.05, 3.63) is 84.2 Å². The van der Waals surface area contributed by atoms with E-state index in [1.165, 1.54) is 24.3 Å². The number of anilines is 2. The van der Waals surface area contributed by atoms with E-state index >= 15 is 0 Å². The molecular weight excluding hydrogens is 375 g/mol. The number of hydrogen-bond donors (Lipinski definition) is 2. The number of carbonyl (C=O) groups is 2. The molecule has 0 aliphatic carbocycles. The molecule has 3 rings (SSSR count). The zero-order valence-electron chi connectivity index (χ0n) is 15.6. The second kappa shape index (κ2) is 9.36. The van der Waals surface area contributed by atoms with Crippen LogP contribution < -0.4 is 20.1 Å². The minimum Gasteiger partial charge on any atom is -0.497 e. The van der Waals surface area contributed by atoms with Gasteiger partial charge in [-0.2, -0.15) is 0 Å². The molecular formula is C22H19FN2O4. The molecule has 29 heavy (non-hydrogen) atoms. The number of halogens is 1. The first kappa shape index (κ1) is 19.9. The van der Waals surface area contributed by atoms with Crippen LogP contribution in [0.15, 0.2) is 72.8 Å². The molecule has 2 amide bonds. The van der Waals surface area contributed by atoms with E-state index in [0.29, 0.717) is 28.4 Å². The normalized spacial score (nSPS) is 10.1. The smallest absolute Gasteiger partial charge is 0.262 e. The van der Waals surface area contributed by atoms with Crippen molar-refractivity contribution < 1.29 is 23.5 Å². The summed E-state index contributed by atoms with van der Waals surface area (Å²) in [6, 6.07) is 18.8. The Morgan fingerprint density at radius 1 is 0.793 bits per heavy atom. The van der Waals surface area contributed by atoms with Crippen LogP contribution in [0.25, 0.3) is 0 Å². The number of ether oxygens (including phenoxy) is 2. The Hall–Kier alpha value is -3.87. The van der Waals surface area contributed by atoms with Crippen molar-refractivity contribution in [3.8, 4) is 11.5 Å². The molecule has 0 saturated carbocycles. The maximum atomic E-state index is 12.9. The molecule has 0 unspecified atom stereocenters. The molecule has 0 fully saturated rings. The van der Waals surface area contributed by atoms with Gasteiger partial charge in [0.1, 0.15) is 17.3 Å². The van der Waals surface area contributed by atoms with Gasteiger partial charge in [0.05, 0.1) is 7.11 Å². The fraction of sp³-hybridized carbons (Fsp3) is 0.0909. The summed E-state index contributed by atoms with van der Waals surface area (Å²) in [5, 5.41) is 5.39. The van der Waals surface area contributed by atoms with Gasteiger partial charge in [-0.1, -0.05) is 0 Å². The van der Waals surface area contributed by atoms with Crippen LogP contribution >= 0.6 is 0 Å². The molecule has 0 atom stereocenters. The lowest BCUT2D eigenvalue weighted by atomic mass is 10.2. The van der Waals surface area contributed by atoms with Crippen molar-refractivity contribution >= 4 is 23.2 Å². The predicted molar refractivity (Wildman–Crippen MR) is 108 cm³/mol. The van der Waals surface area contributed by atoms with E-state index in [2.05, 4.69) is 10.6 Å². The van der Waals surface area contributed by atoms with E-state index in [1.54, 1.807) is 55.6 Å². The van der Waals surface area contributed by atoms with Gasteiger partial charge in [-0.25, -0.2) is 4.39 Å². The van der Waals surface area contributed by atoms with E-state index in [-0.39, 0.29) is 24.2 Å². The van der Waals surface area contributed by atoms with Crippen LogP contribution in [0.2, 0.25) is 0 Å². The number of methoxy groups -OCH3 is 1. The number of benzene rings is 3. The van der Waals surface area contributed by atoms with Crippen molar-refractivity contribution in [2.45, 2.75) is 0 Å². The molecule has 0 aliphatic heterocycles. The predicted octanol–water partition coefficient (Wildman–Crippen LogP) is 4.10. The highest BCUT2D eigenvalue weighted by atomic mass is 19.1. The zero-order chi connectivity index (χ0) is 20.6. The third-order valence-electron chi connectivity index (χ3n) is 3.96. The second-order valence-corrected chi connectivity index (χ2v) is 6.05. The highest BCUT2D eigenvalue weighted by Gasteiger charge is 2.08. The number of rotatable bonds is 7. The molecule has 6 nitrogen and oxygen atoms in total. The van der Waals surface area contributed by atoms with Crippen LogP contribution in [0.1, 0.15) is 10.4 Å². The van der Waals surface area contributed by atoms with Crippen molar-refractivity contribution in [1.29, 1.82) is 0 Å². The highest BCUT2D eigenvalue weighted by molar-refractivity contribution is 6.04. The molecule has 0 radical (unpaired) electrons. The lowest BCUT2D eigenvalue weighted by Gasteiger charge is -2.09. The van der Waals surface area contributed by atoms with Crippen LogP contribution in [0, 0.1) is 5.82 Å². The first-order valence-corrected chi connectivity index (χ1v) is 8.77. The van der Waals surface area contributed by atoms with Crippen LogP contribution in [0.3, 0.4) is 0 Å². The summed E-state index contributed by atoms with van der Waals surface area (Å²) in [4.78, 5) is 24.2. The quantitative estimate of drug-likeness (QED) is 0.632. The standard InChI is InChI=1S/C22H19FN2O4/c1-28-19-12-8-18(9-13-19)25-22(27)15-2-10-20(11-3-15)29-14-21(26)24-17-6-4-16(23)5-7-17/h2-13H,14H2,1H3,(H,24,26)(H,25,27). The van der Waals surface area contributed by atoms with Gasteiger partial charge < -0.3 is 20.1 Å². The molecule has 0 saturated heterocycles. The lowest BCUT2D eigenvalue weighted by Crippen LogP contribution is -2.20. The minimum atomic E-state index is -0.379. The Bertz CT molecular complexity index is 971. The van der Waals surface area contributed by atoms with Crippen LogP contribution in [-0.2, 0) is 4.79 Å². The van der Waals surface area contributed by atoms with Crippen LogP contribution in [-0.4, -0.2) is 25.5 Å². The van der Waals surface area contributed by atoms with Gasteiger partial charge >= 0.3 is 0 Å². The SMILES string of the molecule is COc1ccc(NC(=O)c2ccc(OCC(=O)Nc3ccc(F)cc3)cc2)cc1. The molecule has 148 valence electrons. The topological polar surface area (TPSA) is 76.7 Å². The molecule has 0 aromatic heterocycles. The summed E-state index contributed by atoms with van der Waals surface area (Å²) >= 11 is 0. The largest absolute Gasteiger partial charge is 0.497 e. The molecule has 0 heterocycles. The Labute approximate surface area is 167 Å². The fourth-order valence-electron chi connectivity index (χ4n) is 2.46. The second-order valence-electron chi connectivity index (χ2n) is 6.05. The van der Waals surface area contributed by atoms with Gasteiger partial charge in [0.15, 0.2) is 6.61 Å². The maximum Gasteiger partial charge on any atom is 0.262 e. The first-order chi connectivity index (χ1) is 14.0. The summed E-state index contributed by atoms with van der Waals surface area (Å²) in [5.41, 5.74) is 1.57. The fourth-order valence-corrected chi connectivity index (χ4v) is 2.46. The zero-order valence-corrected chi connectivity index (χ0v) is 15.6. The molecule has 2 N–H and O–H groups in total. The van der Waals surface area contributed by atoms with E-state index in [4.69, 9.17) is 9.47 Å². The lowest BCUT2D eigenvalue weighted by molar-refractivity contribution is -0.118. The average molecular weight is 394 g/mol. The Balaban J connectivity index is 1.50. The van der Waals surface area contributed by atoms with E-state index < -0.39 is 0 Å². The van der Waals surface area contributed by atoms with Crippen molar-refractivity contribution in [2.24, 2.45) is 0 Å². The van der Waals surface area contributed by atoms with Crippen molar-refractivity contribution in [1.82, 2.24) is 0 Å². The molecule has 0 aliphatic rings. The maximum absolute atomic E-state index is 12.9. The molecule has 3 aromatic carbocycles. The monoisotopic (exact) mass is 394 g/mol. The Morgan fingerprint density at radius 2 is 1.34 bits per heavy atom. The van der Waals surface area contributed by atoms with Crippen LogP contribution in [0.5, 0.6) is 11.5 Å². The van der Waals surface area contributed by atoms with Gasteiger partial charge in [0.25, 0.3) is 11.8 Å². The van der Waals surface area contributed by atoms with Gasteiger partial charge in [-0.05, 0) is 72.8 Å². The molecule has 0 spiro atoms. The summed E-state index contributed by atoms with van der Waals surface area (Å²) < 4.78 is 23.4. The van der Waals surface area contributed by atoms with Gasteiger partial charge in [0, 0.05) is 16.9 Å². The summed E-state index contributed by atoms with van der Waals surface area (Å²) in [6.45, 7) is -0.214. The minimum absolute atomic E-state index is 0.214. The summed E-state index contributed by atoms with van der Waals surface area (Å²) in [5.74, 6) is 0.122. The van der Waals surface area contributed by atoms with Gasteiger partial charge in [-0.3, -0.25) is 9.59 Å². The first-order valence-electron chi connectivity index (χ1n) is 8.77. The van der Waals surface area contributed by atoms with E-state index in [1.807, 2.05) is 0 Å². The van der Waals surface area contributed by atoms with Crippen LogP contribution in [0.4, 0.5) is 15.8 Å². The van der Waals surface area contributed by atoms with Crippen molar-refractivity contribution in [2.75, 3.05) is 24.4 Å². The van der Waals surface area contributed by atoms with Gasteiger partial charge in [-0.15, -0.1) is 0 Å². The molecule has 0 bridgehead atoms. The third kappa shape index (κ3) is 5.80. The summed E-state index contributed by atoms with van der Waals surface area (Å²) in [6.07, 6.45) is 0. The van der Waals surface area contributed by atoms with Crippen molar-refractivity contribution in [3.63, 3.8) is 0 Å². The highest BCUT2D eigenvalue weighted by Crippen LogP contribution is 2.17. The van der Waals surface area contributed by atoms with E-state index in [0.717, 1.165) is 0 Å². The summed E-state index contributed by atoms with van der Waals surface area (Å²) in [7, 11) is 1.57. The number of amides is 2. The van der Waals surface area contributed by atoms with E-state index in [9.17, 15) is 14.0 Å². The Kier molecular flexibility index (Phi) is 6.42. The number of carbonyl (C=O) groups excluding carboxylic acids is 2. The Morgan fingerprint density at radius 3 is 1.97 bits per heavy atom. The third-order valence-corrected chi connectivity index (χ3v) is 3.96.